The Bertz CT molecular complexity index is 332. The van der Waals surface area contributed by atoms with Crippen molar-refractivity contribution in [3.05, 3.63) is 18.0 Å². The van der Waals surface area contributed by atoms with Gasteiger partial charge in [-0.2, -0.15) is 5.10 Å². The molecule has 3 atom stereocenters. The number of nitrogens with zero attached hydrogens (tertiary/aromatic N) is 2. The standard InChI is InChI=1S/C13H23N3/c1-3-10-4-5-11(8-10)13(14)9-12-6-7-16(2)15-12/h6-7,10-11,13H,3-5,8-9,14H2,1-2H3. The molecule has 1 aromatic heterocycles. The maximum absolute atomic E-state index is 6.29. The van der Waals surface area contributed by atoms with Crippen LogP contribution in [0.4, 0.5) is 0 Å². The first-order chi connectivity index (χ1) is 7.69. The van der Waals surface area contributed by atoms with Gasteiger partial charge in [0.2, 0.25) is 0 Å². The molecule has 3 heteroatoms. The van der Waals surface area contributed by atoms with Crippen molar-refractivity contribution in [3.63, 3.8) is 0 Å². The lowest BCUT2D eigenvalue weighted by atomic mass is 9.93. The fraction of sp³-hybridized carbons (Fsp3) is 0.769. The zero-order valence-corrected chi connectivity index (χ0v) is 10.4. The van der Waals surface area contributed by atoms with Gasteiger partial charge in [-0.1, -0.05) is 19.8 Å². The van der Waals surface area contributed by atoms with Gasteiger partial charge in [-0.3, -0.25) is 4.68 Å². The summed E-state index contributed by atoms with van der Waals surface area (Å²) in [6.45, 7) is 2.29. The minimum absolute atomic E-state index is 0.298. The first-order valence-electron chi connectivity index (χ1n) is 6.43. The van der Waals surface area contributed by atoms with Gasteiger partial charge >= 0.3 is 0 Å². The molecule has 3 unspecified atom stereocenters. The van der Waals surface area contributed by atoms with Crippen LogP contribution < -0.4 is 5.73 Å². The Kier molecular flexibility index (Phi) is 3.64. The fourth-order valence-electron chi connectivity index (χ4n) is 2.85. The molecule has 0 radical (unpaired) electrons. The van der Waals surface area contributed by atoms with Crippen molar-refractivity contribution in [2.75, 3.05) is 0 Å². The Labute approximate surface area is 98.0 Å². The summed E-state index contributed by atoms with van der Waals surface area (Å²) in [5.41, 5.74) is 7.42. The highest BCUT2D eigenvalue weighted by atomic mass is 15.2. The second kappa shape index (κ2) is 5.00. The zero-order valence-electron chi connectivity index (χ0n) is 10.4. The molecule has 1 aromatic rings. The van der Waals surface area contributed by atoms with Crippen molar-refractivity contribution in [1.29, 1.82) is 0 Å². The Morgan fingerprint density at radius 1 is 1.56 bits per heavy atom. The van der Waals surface area contributed by atoms with Gasteiger partial charge in [0.1, 0.15) is 0 Å². The van der Waals surface area contributed by atoms with Crippen LogP contribution in [0.5, 0.6) is 0 Å². The molecular weight excluding hydrogens is 198 g/mol. The van der Waals surface area contributed by atoms with Crippen molar-refractivity contribution < 1.29 is 0 Å². The van der Waals surface area contributed by atoms with Crippen LogP contribution in [-0.2, 0) is 13.5 Å². The topological polar surface area (TPSA) is 43.8 Å². The van der Waals surface area contributed by atoms with E-state index in [9.17, 15) is 0 Å². The molecule has 2 rings (SSSR count). The summed E-state index contributed by atoms with van der Waals surface area (Å²) < 4.78 is 1.85. The van der Waals surface area contributed by atoms with Crippen LogP contribution >= 0.6 is 0 Å². The third-order valence-electron chi connectivity index (χ3n) is 3.98. The van der Waals surface area contributed by atoms with Gasteiger partial charge in [0.25, 0.3) is 0 Å². The minimum atomic E-state index is 0.298. The number of aromatic nitrogens is 2. The van der Waals surface area contributed by atoms with E-state index in [1.807, 2.05) is 17.9 Å². The van der Waals surface area contributed by atoms with E-state index >= 15 is 0 Å². The molecule has 0 aromatic carbocycles. The highest BCUT2D eigenvalue weighted by Crippen LogP contribution is 2.34. The molecule has 3 nitrogen and oxygen atoms in total. The van der Waals surface area contributed by atoms with Crippen molar-refractivity contribution in [1.82, 2.24) is 9.78 Å². The first-order valence-corrected chi connectivity index (χ1v) is 6.43. The van der Waals surface area contributed by atoms with Crippen LogP contribution in [0.1, 0.15) is 38.3 Å². The van der Waals surface area contributed by atoms with E-state index in [0.29, 0.717) is 12.0 Å². The molecular formula is C13H23N3. The molecule has 1 fully saturated rings. The van der Waals surface area contributed by atoms with E-state index in [4.69, 9.17) is 5.73 Å². The van der Waals surface area contributed by atoms with Crippen molar-refractivity contribution >= 4 is 0 Å². The molecule has 16 heavy (non-hydrogen) atoms. The highest BCUT2D eigenvalue weighted by Gasteiger charge is 2.28. The second-order valence-electron chi connectivity index (χ2n) is 5.20. The van der Waals surface area contributed by atoms with Gasteiger partial charge in [-0.15, -0.1) is 0 Å². The maximum atomic E-state index is 6.29. The largest absolute Gasteiger partial charge is 0.327 e. The lowest BCUT2D eigenvalue weighted by Gasteiger charge is -2.18. The number of rotatable bonds is 4. The van der Waals surface area contributed by atoms with Gasteiger partial charge in [-0.05, 0) is 30.7 Å². The molecule has 1 heterocycles. The summed E-state index contributed by atoms with van der Waals surface area (Å²) in [6.07, 6.45) is 8.24. The fourth-order valence-corrected chi connectivity index (χ4v) is 2.85. The van der Waals surface area contributed by atoms with E-state index < -0.39 is 0 Å². The molecule has 1 aliphatic carbocycles. The van der Waals surface area contributed by atoms with E-state index in [1.165, 1.54) is 25.7 Å². The summed E-state index contributed by atoms with van der Waals surface area (Å²) in [5, 5.41) is 4.40. The smallest absolute Gasteiger partial charge is 0.0640 e. The van der Waals surface area contributed by atoms with E-state index in [1.54, 1.807) is 0 Å². The first kappa shape index (κ1) is 11.6. The average Bonchev–Trinajstić information content (AvgIpc) is 2.87. The van der Waals surface area contributed by atoms with Crippen molar-refractivity contribution in [3.8, 4) is 0 Å². The SMILES string of the molecule is CCC1CCC(C(N)Cc2ccn(C)n2)C1. The summed E-state index contributed by atoms with van der Waals surface area (Å²) in [4.78, 5) is 0. The van der Waals surface area contributed by atoms with Gasteiger partial charge in [0, 0.05) is 25.7 Å². The lowest BCUT2D eigenvalue weighted by Crippen LogP contribution is -2.31. The molecule has 2 N–H and O–H groups in total. The third-order valence-corrected chi connectivity index (χ3v) is 3.98. The lowest BCUT2D eigenvalue weighted by molar-refractivity contribution is 0.402. The molecule has 0 aliphatic heterocycles. The van der Waals surface area contributed by atoms with Crippen LogP contribution in [0.25, 0.3) is 0 Å². The summed E-state index contributed by atoms with van der Waals surface area (Å²) in [5.74, 6) is 1.63. The molecule has 1 saturated carbocycles. The third kappa shape index (κ3) is 2.64. The van der Waals surface area contributed by atoms with E-state index in [2.05, 4.69) is 18.1 Å². The molecule has 0 saturated heterocycles. The van der Waals surface area contributed by atoms with Crippen LogP contribution in [0.15, 0.2) is 12.3 Å². The molecule has 0 amide bonds. The maximum Gasteiger partial charge on any atom is 0.0640 e. The zero-order chi connectivity index (χ0) is 11.5. The Hall–Kier alpha value is -0.830. The monoisotopic (exact) mass is 221 g/mol. The predicted molar refractivity (Wildman–Crippen MR) is 66.0 cm³/mol. The van der Waals surface area contributed by atoms with Crippen LogP contribution in [-0.4, -0.2) is 15.8 Å². The van der Waals surface area contributed by atoms with Crippen molar-refractivity contribution in [2.24, 2.45) is 24.6 Å². The van der Waals surface area contributed by atoms with Crippen LogP contribution in [0, 0.1) is 11.8 Å². The second-order valence-corrected chi connectivity index (χ2v) is 5.20. The normalized spacial score (nSPS) is 27.2. The average molecular weight is 221 g/mol. The van der Waals surface area contributed by atoms with Gasteiger partial charge in [-0.25, -0.2) is 0 Å². The number of aryl methyl sites for hydroxylation is 1. The Morgan fingerprint density at radius 3 is 2.94 bits per heavy atom. The van der Waals surface area contributed by atoms with Gasteiger partial charge < -0.3 is 5.73 Å². The Morgan fingerprint density at radius 2 is 2.38 bits per heavy atom. The number of hydrogen-bond donors (Lipinski definition) is 1. The van der Waals surface area contributed by atoms with E-state index in [0.717, 1.165) is 18.0 Å². The molecule has 1 aliphatic rings. The van der Waals surface area contributed by atoms with Crippen LogP contribution in [0.2, 0.25) is 0 Å². The summed E-state index contributed by atoms with van der Waals surface area (Å²) in [6, 6.07) is 2.37. The molecule has 90 valence electrons. The van der Waals surface area contributed by atoms with Crippen LogP contribution in [0.3, 0.4) is 0 Å². The number of nitrogens with two attached hydrogens (primary N) is 1. The van der Waals surface area contributed by atoms with E-state index in [-0.39, 0.29) is 0 Å². The predicted octanol–water partition coefficient (Wildman–Crippen LogP) is 2.12. The minimum Gasteiger partial charge on any atom is -0.327 e. The number of hydrogen-bond acceptors (Lipinski definition) is 2. The van der Waals surface area contributed by atoms with Gasteiger partial charge in [0.05, 0.1) is 5.69 Å². The quantitative estimate of drug-likeness (QED) is 0.846. The van der Waals surface area contributed by atoms with Gasteiger partial charge in [0.15, 0.2) is 0 Å². The van der Waals surface area contributed by atoms with Crippen molar-refractivity contribution in [2.45, 2.75) is 45.1 Å². The highest BCUT2D eigenvalue weighted by molar-refractivity contribution is 5.02. The molecule has 0 spiro atoms. The molecule has 0 bridgehead atoms. The summed E-state index contributed by atoms with van der Waals surface area (Å²) >= 11 is 0. The Balaban J connectivity index is 1.86. The summed E-state index contributed by atoms with van der Waals surface area (Å²) in [7, 11) is 1.96.